The van der Waals surface area contributed by atoms with Gasteiger partial charge in [-0.05, 0) is 24.6 Å². The molecule has 0 unspecified atom stereocenters. The maximum Gasteiger partial charge on any atom is 0.182 e. The Morgan fingerprint density at radius 3 is 2.19 bits per heavy atom. The summed E-state index contributed by atoms with van der Waals surface area (Å²) in [4.78, 5) is 0.343. The molecule has 1 aliphatic rings. The molecule has 3 rings (SSSR count). The van der Waals surface area contributed by atoms with Crippen LogP contribution in [0.4, 0.5) is 0 Å². The van der Waals surface area contributed by atoms with Crippen LogP contribution in [0.2, 0.25) is 0 Å². The summed E-state index contributed by atoms with van der Waals surface area (Å²) < 4.78 is 25.5. The lowest BCUT2D eigenvalue weighted by molar-refractivity contribution is 0.274. The molecular formula is C17H18O3S. The molecule has 2 aromatic rings. The normalized spacial score (nSPS) is 24.8. The molecule has 0 aromatic heterocycles. The Kier molecular flexibility index (Phi) is 3.59. The average molecular weight is 302 g/mol. The Morgan fingerprint density at radius 1 is 1.00 bits per heavy atom. The zero-order valence-electron chi connectivity index (χ0n) is 11.8. The summed E-state index contributed by atoms with van der Waals surface area (Å²) in [5.74, 6) is -0.318. The summed E-state index contributed by atoms with van der Waals surface area (Å²) in [5.41, 5.74) is 2.01. The lowest BCUT2D eigenvalue weighted by atomic mass is 10.1. The van der Waals surface area contributed by atoms with Gasteiger partial charge in [0.25, 0.3) is 0 Å². The van der Waals surface area contributed by atoms with E-state index in [1.165, 1.54) is 0 Å². The van der Waals surface area contributed by atoms with Crippen molar-refractivity contribution in [3.05, 3.63) is 65.7 Å². The van der Waals surface area contributed by atoms with Gasteiger partial charge in [-0.2, -0.15) is 0 Å². The van der Waals surface area contributed by atoms with Gasteiger partial charge in [-0.1, -0.05) is 48.0 Å². The van der Waals surface area contributed by atoms with Gasteiger partial charge in [-0.25, -0.2) is 8.42 Å². The Hall–Kier alpha value is -1.65. The summed E-state index contributed by atoms with van der Waals surface area (Å²) in [5, 5.41) is 8.98. The molecule has 1 N–H and O–H groups in total. The molecule has 0 amide bonds. The van der Waals surface area contributed by atoms with E-state index < -0.39 is 15.1 Å². The Morgan fingerprint density at radius 2 is 1.62 bits per heavy atom. The topological polar surface area (TPSA) is 54.4 Å². The van der Waals surface area contributed by atoms with Crippen molar-refractivity contribution in [1.29, 1.82) is 0 Å². The smallest absolute Gasteiger partial charge is 0.182 e. The largest absolute Gasteiger partial charge is 0.396 e. The Balaban J connectivity index is 1.94. The summed E-state index contributed by atoms with van der Waals surface area (Å²) in [6.07, 6.45) is 0. The molecule has 1 saturated carbocycles. The van der Waals surface area contributed by atoms with Crippen LogP contribution in [0.25, 0.3) is 0 Å². The van der Waals surface area contributed by atoms with Gasteiger partial charge in [0.1, 0.15) is 0 Å². The number of aryl methyl sites for hydroxylation is 1. The maximum atomic E-state index is 12.7. The van der Waals surface area contributed by atoms with Crippen molar-refractivity contribution in [3.8, 4) is 0 Å². The number of aliphatic hydroxyl groups excluding tert-OH is 1. The second-order valence-electron chi connectivity index (χ2n) is 5.61. The van der Waals surface area contributed by atoms with Crippen molar-refractivity contribution in [1.82, 2.24) is 0 Å². The van der Waals surface area contributed by atoms with E-state index in [4.69, 9.17) is 0 Å². The van der Waals surface area contributed by atoms with Crippen molar-refractivity contribution in [2.24, 2.45) is 5.92 Å². The summed E-state index contributed by atoms with van der Waals surface area (Å²) >= 11 is 0. The van der Waals surface area contributed by atoms with E-state index in [-0.39, 0.29) is 18.4 Å². The van der Waals surface area contributed by atoms with E-state index in [0.717, 1.165) is 11.1 Å². The quantitative estimate of drug-likeness (QED) is 0.944. The van der Waals surface area contributed by atoms with Crippen LogP contribution < -0.4 is 0 Å². The fraction of sp³-hybridized carbons (Fsp3) is 0.294. The van der Waals surface area contributed by atoms with Crippen LogP contribution in [0.5, 0.6) is 0 Å². The third-order valence-electron chi connectivity index (χ3n) is 4.20. The Labute approximate surface area is 125 Å². The number of benzene rings is 2. The highest BCUT2D eigenvalue weighted by atomic mass is 32.2. The molecule has 3 atom stereocenters. The van der Waals surface area contributed by atoms with E-state index in [2.05, 4.69) is 0 Å². The third kappa shape index (κ3) is 2.49. The molecule has 0 saturated heterocycles. The SMILES string of the molecule is Cc1ccc(S(=O)(=O)[C@H]2[C@H](CO)[C@@H]2c2ccccc2)cc1. The number of hydrogen-bond donors (Lipinski definition) is 1. The van der Waals surface area contributed by atoms with Crippen molar-refractivity contribution in [2.75, 3.05) is 6.61 Å². The van der Waals surface area contributed by atoms with Gasteiger partial charge in [0.15, 0.2) is 9.84 Å². The molecule has 0 bridgehead atoms. The van der Waals surface area contributed by atoms with Crippen LogP contribution in [0.1, 0.15) is 17.0 Å². The zero-order chi connectivity index (χ0) is 15.0. The van der Waals surface area contributed by atoms with E-state index in [1.54, 1.807) is 24.3 Å². The van der Waals surface area contributed by atoms with Crippen LogP contribution >= 0.6 is 0 Å². The lowest BCUT2D eigenvalue weighted by Gasteiger charge is -2.05. The van der Waals surface area contributed by atoms with Crippen molar-refractivity contribution in [3.63, 3.8) is 0 Å². The molecule has 0 heterocycles. The first-order valence-electron chi connectivity index (χ1n) is 7.02. The lowest BCUT2D eigenvalue weighted by Crippen LogP contribution is -2.11. The van der Waals surface area contributed by atoms with Crippen LogP contribution in [0.15, 0.2) is 59.5 Å². The molecule has 21 heavy (non-hydrogen) atoms. The summed E-state index contributed by atoms with van der Waals surface area (Å²) in [6.45, 7) is 1.83. The van der Waals surface area contributed by atoms with Gasteiger partial charge in [-0.15, -0.1) is 0 Å². The molecule has 1 fully saturated rings. The minimum Gasteiger partial charge on any atom is -0.396 e. The maximum absolute atomic E-state index is 12.7. The third-order valence-corrected chi connectivity index (χ3v) is 6.49. The fourth-order valence-electron chi connectivity index (χ4n) is 2.98. The minimum atomic E-state index is -3.40. The number of sulfone groups is 1. The highest BCUT2D eigenvalue weighted by Gasteiger charge is 2.58. The van der Waals surface area contributed by atoms with Crippen molar-refractivity contribution < 1.29 is 13.5 Å². The fourth-order valence-corrected chi connectivity index (χ4v) is 5.18. The first-order chi connectivity index (χ1) is 10.1. The van der Waals surface area contributed by atoms with E-state index >= 15 is 0 Å². The first kappa shape index (κ1) is 14.3. The number of aliphatic hydroxyl groups is 1. The van der Waals surface area contributed by atoms with Gasteiger partial charge in [0, 0.05) is 18.4 Å². The van der Waals surface area contributed by atoms with Gasteiger partial charge in [0.2, 0.25) is 0 Å². The minimum absolute atomic E-state index is 0.102. The summed E-state index contributed by atoms with van der Waals surface area (Å²) in [7, 11) is -3.40. The molecule has 3 nitrogen and oxygen atoms in total. The second kappa shape index (κ2) is 5.28. The highest BCUT2D eigenvalue weighted by Crippen LogP contribution is 2.53. The predicted molar refractivity (Wildman–Crippen MR) is 81.9 cm³/mol. The van der Waals surface area contributed by atoms with Gasteiger partial charge >= 0.3 is 0 Å². The molecular weight excluding hydrogens is 284 g/mol. The van der Waals surface area contributed by atoms with E-state index in [9.17, 15) is 13.5 Å². The number of hydrogen-bond acceptors (Lipinski definition) is 3. The van der Waals surface area contributed by atoms with Crippen LogP contribution in [0, 0.1) is 12.8 Å². The van der Waals surface area contributed by atoms with Crippen molar-refractivity contribution >= 4 is 9.84 Å². The molecule has 2 aromatic carbocycles. The molecule has 0 aliphatic heterocycles. The standard InChI is InChI=1S/C17H18O3S/c1-12-7-9-14(10-8-12)21(19,20)17-15(11-18)16(17)13-5-3-2-4-6-13/h2-10,15-18H,11H2,1H3/t15-,16+,17+/m1/s1. The van der Waals surface area contributed by atoms with Crippen LogP contribution in [-0.2, 0) is 9.84 Å². The van der Waals surface area contributed by atoms with Crippen molar-refractivity contribution in [2.45, 2.75) is 23.0 Å². The zero-order valence-corrected chi connectivity index (χ0v) is 12.6. The van der Waals surface area contributed by atoms with Gasteiger partial charge < -0.3 is 5.11 Å². The average Bonchev–Trinajstić information content (AvgIpc) is 3.24. The number of rotatable bonds is 4. The Bertz CT molecular complexity index is 720. The molecule has 0 radical (unpaired) electrons. The first-order valence-corrected chi connectivity index (χ1v) is 8.56. The molecule has 4 heteroatoms. The predicted octanol–water partition coefficient (Wildman–Crippen LogP) is 2.54. The monoisotopic (exact) mass is 302 g/mol. The van der Waals surface area contributed by atoms with Crippen LogP contribution in [-0.4, -0.2) is 25.4 Å². The van der Waals surface area contributed by atoms with Crippen LogP contribution in [0.3, 0.4) is 0 Å². The molecule has 0 spiro atoms. The molecule has 1 aliphatic carbocycles. The van der Waals surface area contributed by atoms with E-state index in [0.29, 0.717) is 4.90 Å². The molecule has 110 valence electrons. The summed E-state index contributed by atoms with van der Waals surface area (Å²) in [6, 6.07) is 16.5. The van der Waals surface area contributed by atoms with E-state index in [1.807, 2.05) is 37.3 Å². The van der Waals surface area contributed by atoms with Gasteiger partial charge in [-0.3, -0.25) is 0 Å². The highest BCUT2D eigenvalue weighted by molar-refractivity contribution is 7.92. The van der Waals surface area contributed by atoms with Gasteiger partial charge in [0.05, 0.1) is 10.1 Å². The second-order valence-corrected chi connectivity index (χ2v) is 7.71.